The SMILES string of the molecule is CNCCCC(=O)N1CC(C)Cc2ccccc21. The summed E-state index contributed by atoms with van der Waals surface area (Å²) in [5, 5.41) is 3.08. The van der Waals surface area contributed by atoms with E-state index in [1.54, 1.807) is 0 Å². The van der Waals surface area contributed by atoms with Gasteiger partial charge in [0.15, 0.2) is 0 Å². The molecule has 1 aromatic rings. The van der Waals surface area contributed by atoms with Gasteiger partial charge >= 0.3 is 0 Å². The van der Waals surface area contributed by atoms with Crippen LogP contribution in [-0.2, 0) is 11.2 Å². The molecule has 1 N–H and O–H groups in total. The van der Waals surface area contributed by atoms with Crippen molar-refractivity contribution < 1.29 is 4.79 Å². The Bertz CT molecular complexity index is 417. The molecule has 1 aliphatic heterocycles. The van der Waals surface area contributed by atoms with E-state index in [-0.39, 0.29) is 5.91 Å². The Hall–Kier alpha value is -1.35. The smallest absolute Gasteiger partial charge is 0.227 e. The largest absolute Gasteiger partial charge is 0.320 e. The minimum atomic E-state index is 0.254. The molecule has 0 aromatic heterocycles. The zero-order valence-corrected chi connectivity index (χ0v) is 11.3. The van der Waals surface area contributed by atoms with Gasteiger partial charge < -0.3 is 10.2 Å². The van der Waals surface area contributed by atoms with E-state index in [1.165, 1.54) is 5.56 Å². The lowest BCUT2D eigenvalue weighted by Gasteiger charge is -2.33. The van der Waals surface area contributed by atoms with Gasteiger partial charge in [0.05, 0.1) is 0 Å². The third-order valence-electron chi connectivity index (χ3n) is 3.46. The van der Waals surface area contributed by atoms with E-state index in [9.17, 15) is 4.79 Å². The van der Waals surface area contributed by atoms with Crippen molar-refractivity contribution in [2.75, 3.05) is 25.0 Å². The molecule has 0 saturated carbocycles. The topological polar surface area (TPSA) is 32.3 Å². The summed E-state index contributed by atoms with van der Waals surface area (Å²) in [5.41, 5.74) is 2.42. The summed E-state index contributed by atoms with van der Waals surface area (Å²) < 4.78 is 0. The molecule has 0 saturated heterocycles. The van der Waals surface area contributed by atoms with E-state index in [1.807, 2.05) is 18.0 Å². The van der Waals surface area contributed by atoms with Crippen molar-refractivity contribution in [1.82, 2.24) is 5.32 Å². The van der Waals surface area contributed by atoms with Crippen LogP contribution in [0.15, 0.2) is 24.3 Å². The van der Waals surface area contributed by atoms with Gasteiger partial charge in [0.2, 0.25) is 5.91 Å². The van der Waals surface area contributed by atoms with Crippen LogP contribution in [0.25, 0.3) is 0 Å². The Labute approximate surface area is 109 Å². The van der Waals surface area contributed by atoms with Crippen molar-refractivity contribution in [2.45, 2.75) is 26.2 Å². The van der Waals surface area contributed by atoms with Crippen molar-refractivity contribution in [2.24, 2.45) is 5.92 Å². The summed E-state index contributed by atoms with van der Waals surface area (Å²) in [6, 6.07) is 8.28. The number of carbonyl (C=O) groups is 1. The minimum absolute atomic E-state index is 0.254. The summed E-state index contributed by atoms with van der Waals surface area (Å²) in [7, 11) is 1.92. The second-order valence-electron chi connectivity index (χ2n) is 5.15. The van der Waals surface area contributed by atoms with Crippen molar-refractivity contribution in [3.8, 4) is 0 Å². The Kier molecular flexibility index (Phi) is 4.37. The van der Waals surface area contributed by atoms with E-state index >= 15 is 0 Å². The number of nitrogens with zero attached hydrogens (tertiary/aromatic N) is 1. The predicted molar refractivity (Wildman–Crippen MR) is 74.8 cm³/mol. The van der Waals surface area contributed by atoms with E-state index < -0.39 is 0 Å². The van der Waals surface area contributed by atoms with Crippen molar-refractivity contribution in [3.63, 3.8) is 0 Å². The number of hydrogen-bond donors (Lipinski definition) is 1. The lowest BCUT2D eigenvalue weighted by atomic mass is 9.93. The first-order valence-corrected chi connectivity index (χ1v) is 6.75. The molecule has 1 aromatic carbocycles. The van der Waals surface area contributed by atoms with Crippen LogP contribution in [-0.4, -0.2) is 26.0 Å². The molecule has 0 aliphatic carbocycles. The molecule has 0 fully saturated rings. The summed E-state index contributed by atoms with van der Waals surface area (Å²) >= 11 is 0. The number of rotatable bonds is 4. The van der Waals surface area contributed by atoms with Gasteiger partial charge in [-0.2, -0.15) is 0 Å². The van der Waals surface area contributed by atoms with Crippen molar-refractivity contribution in [1.29, 1.82) is 0 Å². The van der Waals surface area contributed by atoms with Gasteiger partial charge in [-0.1, -0.05) is 25.1 Å². The molecule has 3 heteroatoms. The van der Waals surface area contributed by atoms with Crippen LogP contribution >= 0.6 is 0 Å². The van der Waals surface area contributed by atoms with Gasteiger partial charge in [-0.25, -0.2) is 0 Å². The predicted octanol–water partition coefficient (Wildman–Crippen LogP) is 2.21. The normalized spacial score (nSPS) is 18.6. The molecule has 1 heterocycles. The summed E-state index contributed by atoms with van der Waals surface area (Å²) in [6.07, 6.45) is 2.61. The van der Waals surface area contributed by atoms with Gasteiger partial charge in [0, 0.05) is 18.7 Å². The molecule has 1 atom stereocenters. The average Bonchev–Trinajstić information content (AvgIpc) is 2.38. The molecular formula is C15H22N2O. The molecule has 0 bridgehead atoms. The number of fused-ring (bicyclic) bond motifs is 1. The molecule has 1 unspecified atom stereocenters. The highest BCUT2D eigenvalue weighted by atomic mass is 16.2. The number of amides is 1. The summed E-state index contributed by atoms with van der Waals surface area (Å²) in [5.74, 6) is 0.803. The fourth-order valence-electron chi connectivity index (χ4n) is 2.58. The van der Waals surface area contributed by atoms with Crippen molar-refractivity contribution >= 4 is 11.6 Å². The van der Waals surface area contributed by atoms with E-state index in [2.05, 4.69) is 30.4 Å². The molecule has 2 rings (SSSR count). The zero-order chi connectivity index (χ0) is 13.0. The van der Waals surface area contributed by atoms with Gasteiger partial charge in [-0.15, -0.1) is 0 Å². The van der Waals surface area contributed by atoms with Crippen LogP contribution in [0.3, 0.4) is 0 Å². The van der Waals surface area contributed by atoms with E-state index in [0.29, 0.717) is 12.3 Å². The Morgan fingerprint density at radius 2 is 2.22 bits per heavy atom. The molecule has 18 heavy (non-hydrogen) atoms. The maximum atomic E-state index is 12.3. The van der Waals surface area contributed by atoms with Gasteiger partial charge in [-0.05, 0) is 44.0 Å². The highest BCUT2D eigenvalue weighted by Crippen LogP contribution is 2.29. The molecule has 3 nitrogen and oxygen atoms in total. The second kappa shape index (κ2) is 6.01. The number of benzene rings is 1. The maximum Gasteiger partial charge on any atom is 0.227 e. The third kappa shape index (κ3) is 2.91. The van der Waals surface area contributed by atoms with E-state index in [4.69, 9.17) is 0 Å². The van der Waals surface area contributed by atoms with Gasteiger partial charge in [-0.3, -0.25) is 4.79 Å². The fraction of sp³-hybridized carbons (Fsp3) is 0.533. The fourth-order valence-corrected chi connectivity index (χ4v) is 2.58. The highest BCUT2D eigenvalue weighted by Gasteiger charge is 2.25. The van der Waals surface area contributed by atoms with Crippen LogP contribution in [0.2, 0.25) is 0 Å². The van der Waals surface area contributed by atoms with Crippen LogP contribution in [0, 0.1) is 5.92 Å². The second-order valence-corrected chi connectivity index (χ2v) is 5.15. The van der Waals surface area contributed by atoms with Crippen molar-refractivity contribution in [3.05, 3.63) is 29.8 Å². The zero-order valence-electron chi connectivity index (χ0n) is 11.3. The first kappa shape index (κ1) is 13.1. The van der Waals surface area contributed by atoms with Gasteiger partial charge in [0.1, 0.15) is 0 Å². The first-order chi connectivity index (χ1) is 8.72. The molecule has 0 radical (unpaired) electrons. The van der Waals surface area contributed by atoms with Crippen LogP contribution < -0.4 is 10.2 Å². The first-order valence-electron chi connectivity index (χ1n) is 6.75. The average molecular weight is 246 g/mol. The summed E-state index contributed by atoms with van der Waals surface area (Å²) in [6.45, 7) is 3.97. The standard InChI is InChI=1S/C15H22N2O/c1-12-10-13-6-3-4-7-14(13)17(11-12)15(18)8-5-9-16-2/h3-4,6-7,12,16H,5,8-11H2,1-2H3. The molecule has 98 valence electrons. The number of carbonyl (C=O) groups excluding carboxylic acids is 1. The van der Waals surface area contributed by atoms with Crippen LogP contribution in [0.4, 0.5) is 5.69 Å². The third-order valence-corrected chi connectivity index (χ3v) is 3.46. The Morgan fingerprint density at radius 1 is 1.44 bits per heavy atom. The maximum absolute atomic E-state index is 12.3. The number of nitrogens with one attached hydrogen (secondary N) is 1. The number of hydrogen-bond acceptors (Lipinski definition) is 2. The summed E-state index contributed by atoms with van der Waals surface area (Å²) in [4.78, 5) is 14.3. The Balaban J connectivity index is 2.10. The highest BCUT2D eigenvalue weighted by molar-refractivity contribution is 5.94. The van der Waals surface area contributed by atoms with E-state index in [0.717, 1.165) is 31.6 Å². The molecule has 0 spiro atoms. The molecule has 1 aliphatic rings. The number of para-hydroxylation sites is 1. The Morgan fingerprint density at radius 3 is 3.00 bits per heavy atom. The lowest BCUT2D eigenvalue weighted by molar-refractivity contribution is -0.118. The molecule has 1 amide bonds. The van der Waals surface area contributed by atoms with Crippen LogP contribution in [0.1, 0.15) is 25.3 Å². The van der Waals surface area contributed by atoms with Gasteiger partial charge in [0.25, 0.3) is 0 Å². The quantitative estimate of drug-likeness (QED) is 0.826. The molecular weight excluding hydrogens is 224 g/mol. The lowest BCUT2D eigenvalue weighted by Crippen LogP contribution is -2.39. The monoisotopic (exact) mass is 246 g/mol. The minimum Gasteiger partial charge on any atom is -0.320 e. The van der Waals surface area contributed by atoms with Crippen LogP contribution in [0.5, 0.6) is 0 Å². The number of anilines is 1.